The summed E-state index contributed by atoms with van der Waals surface area (Å²) >= 11 is 0. The second-order valence-electron chi connectivity index (χ2n) is 10.1. The van der Waals surface area contributed by atoms with E-state index >= 15 is 0 Å². The smallest absolute Gasteiger partial charge is 0.416 e. The molecule has 3 heterocycles. The fourth-order valence-electron chi connectivity index (χ4n) is 5.25. The molecule has 0 radical (unpaired) electrons. The summed E-state index contributed by atoms with van der Waals surface area (Å²) in [6, 6.07) is 8.59. The lowest BCUT2D eigenvalue weighted by molar-refractivity contribution is -0.139. The van der Waals surface area contributed by atoms with E-state index in [1.54, 1.807) is 6.20 Å². The van der Waals surface area contributed by atoms with E-state index in [4.69, 9.17) is 9.84 Å². The van der Waals surface area contributed by atoms with Gasteiger partial charge in [0.25, 0.3) is 0 Å². The number of H-pyrrole nitrogens is 1. The van der Waals surface area contributed by atoms with Crippen molar-refractivity contribution in [2.75, 3.05) is 18.0 Å². The number of halogens is 3. The maximum atomic E-state index is 12.8. The lowest BCUT2D eigenvalue weighted by atomic mass is 9.85. The van der Waals surface area contributed by atoms with Gasteiger partial charge in [-0.1, -0.05) is 12.1 Å². The van der Waals surface area contributed by atoms with Crippen molar-refractivity contribution in [1.29, 1.82) is 0 Å². The lowest BCUT2D eigenvalue weighted by Crippen LogP contribution is -2.39. The first-order chi connectivity index (χ1) is 18.2. The molecule has 2 N–H and O–H groups in total. The van der Waals surface area contributed by atoms with Gasteiger partial charge < -0.3 is 14.7 Å². The molecule has 2 aliphatic rings. The molecular weight excluding hydrogens is 499 g/mol. The number of nitrogens with zero attached hydrogens (tertiary/aromatic N) is 4. The number of hydrogen-bond acceptors (Lipinski definition) is 6. The average Bonchev–Trinajstić information content (AvgIpc) is 3.40. The normalized spacial score (nSPS) is 21.0. The molecule has 1 aliphatic carbocycles. The Balaban J connectivity index is 1.12. The Kier molecular flexibility index (Phi) is 7.64. The number of ether oxygens (including phenoxy) is 1. The molecule has 0 spiro atoms. The van der Waals surface area contributed by atoms with Gasteiger partial charge in [-0.25, -0.2) is 9.97 Å². The van der Waals surface area contributed by atoms with Crippen molar-refractivity contribution < 1.29 is 27.8 Å². The number of aromatic amines is 1. The first kappa shape index (κ1) is 26.1. The predicted molar refractivity (Wildman–Crippen MR) is 134 cm³/mol. The Morgan fingerprint density at radius 3 is 2.24 bits per heavy atom. The zero-order chi connectivity index (χ0) is 26.7. The van der Waals surface area contributed by atoms with E-state index in [2.05, 4.69) is 25.1 Å². The molecule has 0 amide bonds. The highest BCUT2D eigenvalue weighted by atomic mass is 19.4. The van der Waals surface area contributed by atoms with Gasteiger partial charge in [0.15, 0.2) is 11.6 Å². The number of carbonyl (C=O) groups is 1. The van der Waals surface area contributed by atoms with Crippen LogP contribution in [-0.2, 0) is 15.7 Å². The van der Waals surface area contributed by atoms with E-state index in [1.165, 1.54) is 12.1 Å². The van der Waals surface area contributed by atoms with Gasteiger partial charge in [0, 0.05) is 36.8 Å². The molecule has 0 bridgehead atoms. The van der Waals surface area contributed by atoms with Crippen LogP contribution in [0.5, 0.6) is 0 Å². The molecule has 1 saturated carbocycles. The minimum atomic E-state index is -4.38. The Morgan fingerprint density at radius 2 is 1.63 bits per heavy atom. The largest absolute Gasteiger partial charge is 0.481 e. The van der Waals surface area contributed by atoms with E-state index in [-0.39, 0.29) is 24.5 Å². The number of anilines is 1. The van der Waals surface area contributed by atoms with E-state index in [0.717, 1.165) is 69.6 Å². The summed E-state index contributed by atoms with van der Waals surface area (Å²) in [6.45, 7) is 1.67. The number of hydrogen-bond donors (Lipinski definition) is 2. The number of alkyl halides is 3. The molecule has 11 heteroatoms. The maximum Gasteiger partial charge on any atom is 0.416 e. The highest BCUT2D eigenvalue weighted by Gasteiger charge is 2.30. The zero-order valence-electron chi connectivity index (χ0n) is 20.8. The summed E-state index contributed by atoms with van der Waals surface area (Å²) in [6.07, 6.45) is 3.54. The van der Waals surface area contributed by atoms with Gasteiger partial charge in [-0.15, -0.1) is 0 Å². The van der Waals surface area contributed by atoms with Crippen molar-refractivity contribution >= 4 is 11.8 Å². The topological polar surface area (TPSA) is 104 Å². The first-order valence-corrected chi connectivity index (χ1v) is 12.9. The van der Waals surface area contributed by atoms with Crippen molar-refractivity contribution in [3.8, 4) is 22.8 Å². The van der Waals surface area contributed by atoms with Crippen LogP contribution < -0.4 is 4.90 Å². The molecule has 1 aromatic carbocycles. The summed E-state index contributed by atoms with van der Waals surface area (Å²) < 4.78 is 44.8. The van der Waals surface area contributed by atoms with Crippen LogP contribution in [0, 0.1) is 5.92 Å². The van der Waals surface area contributed by atoms with Crippen LogP contribution in [0.4, 0.5) is 19.0 Å². The Bertz CT molecular complexity index is 1210. The summed E-state index contributed by atoms with van der Waals surface area (Å²) in [4.78, 5) is 22.1. The van der Waals surface area contributed by atoms with Gasteiger partial charge in [-0.2, -0.15) is 18.3 Å². The SMILES string of the molecule is O=C(O)CC1CCC(OC2CCN(c3ccc(-c4n[nH]c(-c5ccc(C(F)(F)F)cc5)n4)cn3)CC2)CC1. The monoisotopic (exact) mass is 529 g/mol. The first-order valence-electron chi connectivity index (χ1n) is 12.9. The third-order valence-electron chi connectivity index (χ3n) is 7.39. The zero-order valence-corrected chi connectivity index (χ0v) is 20.8. The van der Waals surface area contributed by atoms with Gasteiger partial charge in [0.05, 0.1) is 17.8 Å². The molecule has 5 rings (SSSR count). The number of nitrogens with one attached hydrogen (secondary N) is 1. The highest BCUT2D eigenvalue weighted by Crippen LogP contribution is 2.32. The summed E-state index contributed by atoms with van der Waals surface area (Å²) in [5, 5.41) is 16.0. The number of rotatable bonds is 7. The maximum absolute atomic E-state index is 12.8. The second kappa shape index (κ2) is 11.1. The standard InChI is InChI=1S/C27H30F3N5O3/c28-27(29,30)20-6-3-18(4-7-20)25-32-26(34-33-25)19-5-10-23(31-16-19)35-13-11-22(12-14-35)38-21-8-1-17(2-9-21)15-24(36)37/h3-7,10,16-17,21-22H,1-2,8-9,11-15H2,(H,36,37)(H,32,33,34). The van der Waals surface area contributed by atoms with Crippen LogP contribution in [0.15, 0.2) is 42.6 Å². The number of carboxylic acids is 1. The van der Waals surface area contributed by atoms with Crippen molar-refractivity contribution in [3.63, 3.8) is 0 Å². The molecule has 38 heavy (non-hydrogen) atoms. The van der Waals surface area contributed by atoms with E-state index in [9.17, 15) is 18.0 Å². The van der Waals surface area contributed by atoms with E-state index in [0.29, 0.717) is 22.8 Å². The number of benzene rings is 1. The van der Waals surface area contributed by atoms with Gasteiger partial charge >= 0.3 is 12.1 Å². The van der Waals surface area contributed by atoms with Crippen molar-refractivity contribution in [2.24, 2.45) is 5.92 Å². The molecule has 2 aromatic heterocycles. The van der Waals surface area contributed by atoms with Crippen LogP contribution in [0.25, 0.3) is 22.8 Å². The van der Waals surface area contributed by atoms with E-state index < -0.39 is 17.7 Å². The fourth-order valence-corrected chi connectivity index (χ4v) is 5.25. The summed E-state index contributed by atoms with van der Waals surface area (Å²) in [7, 11) is 0. The van der Waals surface area contributed by atoms with Crippen LogP contribution in [0.2, 0.25) is 0 Å². The van der Waals surface area contributed by atoms with Crippen molar-refractivity contribution in [3.05, 3.63) is 48.2 Å². The lowest BCUT2D eigenvalue weighted by Gasteiger charge is -2.36. The van der Waals surface area contributed by atoms with Gasteiger partial charge in [-0.05, 0) is 68.7 Å². The summed E-state index contributed by atoms with van der Waals surface area (Å²) in [5.41, 5.74) is 0.510. The average molecular weight is 530 g/mol. The molecule has 2 fully saturated rings. The van der Waals surface area contributed by atoms with Gasteiger partial charge in [-0.3, -0.25) is 9.89 Å². The third-order valence-corrected chi connectivity index (χ3v) is 7.39. The Hall–Kier alpha value is -3.47. The van der Waals surface area contributed by atoms with Crippen molar-refractivity contribution in [2.45, 2.75) is 63.3 Å². The molecule has 0 unspecified atom stereocenters. The van der Waals surface area contributed by atoms with Crippen LogP contribution >= 0.6 is 0 Å². The molecule has 1 aliphatic heterocycles. The Labute approximate surface area is 218 Å². The van der Waals surface area contributed by atoms with Crippen LogP contribution in [-0.4, -0.2) is 56.5 Å². The number of aromatic nitrogens is 4. The third kappa shape index (κ3) is 6.32. The molecule has 8 nitrogen and oxygen atoms in total. The minimum absolute atomic E-state index is 0.212. The predicted octanol–water partition coefficient (Wildman–Crippen LogP) is 5.57. The van der Waals surface area contributed by atoms with Gasteiger partial charge in [0.1, 0.15) is 5.82 Å². The number of piperidine rings is 1. The highest BCUT2D eigenvalue weighted by molar-refractivity contribution is 5.67. The van der Waals surface area contributed by atoms with Crippen LogP contribution in [0.1, 0.15) is 50.5 Å². The number of aliphatic carboxylic acids is 1. The number of carboxylic acid groups (broad SMARTS) is 1. The molecule has 3 aromatic rings. The van der Waals surface area contributed by atoms with Crippen LogP contribution in [0.3, 0.4) is 0 Å². The Morgan fingerprint density at radius 1 is 0.974 bits per heavy atom. The molecule has 1 saturated heterocycles. The fraction of sp³-hybridized carbons (Fsp3) is 0.481. The molecule has 202 valence electrons. The van der Waals surface area contributed by atoms with Gasteiger partial charge in [0.2, 0.25) is 0 Å². The number of pyridine rings is 1. The van der Waals surface area contributed by atoms with E-state index in [1.807, 2.05) is 12.1 Å². The molecule has 0 atom stereocenters. The minimum Gasteiger partial charge on any atom is -0.481 e. The summed E-state index contributed by atoms with van der Waals surface area (Å²) in [5.74, 6) is 1.22. The van der Waals surface area contributed by atoms with Crippen molar-refractivity contribution in [1.82, 2.24) is 20.2 Å². The molecular formula is C27H30F3N5O3. The quantitative estimate of drug-likeness (QED) is 0.412. The second-order valence-corrected chi connectivity index (χ2v) is 10.1.